The minimum Gasteiger partial charge on any atom is -0.369 e. The third kappa shape index (κ3) is 3.17. The van der Waals surface area contributed by atoms with Crippen molar-refractivity contribution >= 4 is 15.8 Å². The zero-order chi connectivity index (χ0) is 13.0. The van der Waals surface area contributed by atoms with Gasteiger partial charge in [-0.25, -0.2) is 13.4 Å². The quantitative estimate of drug-likeness (QED) is 0.858. The van der Waals surface area contributed by atoms with Crippen LogP contribution < -0.4 is 5.32 Å². The second kappa shape index (κ2) is 5.62. The van der Waals surface area contributed by atoms with Crippen LogP contribution in [-0.2, 0) is 16.6 Å². The second-order valence-corrected chi connectivity index (χ2v) is 6.41. The molecule has 7 heteroatoms. The first-order chi connectivity index (χ1) is 8.62. The fourth-order valence-corrected chi connectivity index (χ4v) is 3.32. The van der Waals surface area contributed by atoms with Gasteiger partial charge in [0, 0.05) is 13.1 Å². The van der Waals surface area contributed by atoms with E-state index >= 15 is 0 Å². The zero-order valence-electron chi connectivity index (χ0n) is 10.5. The molecule has 0 aliphatic carbocycles. The number of nitrogens with one attached hydrogen (secondary N) is 1. The summed E-state index contributed by atoms with van der Waals surface area (Å²) in [4.78, 5) is 8.44. The largest absolute Gasteiger partial charge is 0.369 e. The van der Waals surface area contributed by atoms with Crippen LogP contribution in [0.1, 0.15) is 25.5 Å². The second-order valence-electron chi connectivity index (χ2n) is 4.32. The lowest BCUT2D eigenvalue weighted by Crippen LogP contribution is -2.25. The molecule has 0 amide bonds. The molecule has 0 atom stereocenters. The molecule has 1 aliphatic heterocycles. The van der Waals surface area contributed by atoms with Crippen molar-refractivity contribution < 1.29 is 8.42 Å². The van der Waals surface area contributed by atoms with Gasteiger partial charge in [-0.2, -0.15) is 4.31 Å². The van der Waals surface area contributed by atoms with E-state index in [9.17, 15) is 8.42 Å². The Balaban J connectivity index is 1.98. The summed E-state index contributed by atoms with van der Waals surface area (Å²) in [5, 5.41) is 3.13. The van der Waals surface area contributed by atoms with Gasteiger partial charge in [0.1, 0.15) is 5.82 Å². The van der Waals surface area contributed by atoms with Gasteiger partial charge in [-0.1, -0.05) is 6.92 Å². The van der Waals surface area contributed by atoms with E-state index in [-0.39, 0.29) is 5.75 Å². The summed E-state index contributed by atoms with van der Waals surface area (Å²) in [7, 11) is -3.06. The normalized spacial score (nSPS) is 18.9. The molecular formula is C11H18N4O2S. The van der Waals surface area contributed by atoms with Crippen LogP contribution in [0.3, 0.4) is 0 Å². The summed E-state index contributed by atoms with van der Waals surface area (Å²) in [6.45, 7) is 3.84. The molecule has 0 saturated carbocycles. The number of anilines is 1. The van der Waals surface area contributed by atoms with Crippen molar-refractivity contribution in [3.63, 3.8) is 0 Å². The summed E-state index contributed by atoms with van der Waals surface area (Å²) in [6.07, 6.45) is 5.00. The highest BCUT2D eigenvalue weighted by Gasteiger charge is 2.28. The standard InChI is InChI=1S/C11H18N4O2S/c1-2-4-12-11-8-13-10(7-14-11)9-15-5-3-6-18(15,16)17/h7-8H,2-6,9H2,1H3,(H,12,14). The van der Waals surface area contributed by atoms with Gasteiger partial charge in [0.2, 0.25) is 10.0 Å². The minimum absolute atomic E-state index is 0.247. The van der Waals surface area contributed by atoms with Gasteiger partial charge in [0.05, 0.1) is 30.4 Å². The molecule has 6 nitrogen and oxygen atoms in total. The molecule has 0 unspecified atom stereocenters. The molecule has 1 saturated heterocycles. The van der Waals surface area contributed by atoms with Crippen LogP contribution in [0.15, 0.2) is 12.4 Å². The van der Waals surface area contributed by atoms with Crippen LogP contribution in [0, 0.1) is 0 Å². The monoisotopic (exact) mass is 270 g/mol. The predicted molar refractivity (Wildman–Crippen MR) is 69.6 cm³/mol. The Hall–Kier alpha value is -1.21. The predicted octanol–water partition coefficient (Wildman–Crippen LogP) is 0.834. The number of rotatable bonds is 5. The first-order valence-electron chi connectivity index (χ1n) is 6.14. The molecule has 0 aromatic carbocycles. The van der Waals surface area contributed by atoms with Gasteiger partial charge in [-0.15, -0.1) is 0 Å². The maximum Gasteiger partial charge on any atom is 0.214 e. The van der Waals surface area contributed by atoms with Gasteiger partial charge in [0.15, 0.2) is 0 Å². The van der Waals surface area contributed by atoms with Crippen molar-refractivity contribution in [1.82, 2.24) is 14.3 Å². The van der Waals surface area contributed by atoms with E-state index in [2.05, 4.69) is 22.2 Å². The molecule has 18 heavy (non-hydrogen) atoms. The Kier molecular flexibility index (Phi) is 4.13. The van der Waals surface area contributed by atoms with E-state index in [0.29, 0.717) is 25.2 Å². The van der Waals surface area contributed by atoms with Gasteiger partial charge >= 0.3 is 0 Å². The highest BCUT2D eigenvalue weighted by atomic mass is 32.2. The Morgan fingerprint density at radius 2 is 2.22 bits per heavy atom. The van der Waals surface area contributed by atoms with Crippen molar-refractivity contribution in [2.24, 2.45) is 0 Å². The van der Waals surface area contributed by atoms with E-state index in [1.807, 2.05) is 0 Å². The van der Waals surface area contributed by atoms with E-state index < -0.39 is 10.0 Å². The fraction of sp³-hybridized carbons (Fsp3) is 0.636. The molecular weight excluding hydrogens is 252 g/mol. The average molecular weight is 270 g/mol. The topological polar surface area (TPSA) is 75.2 Å². The van der Waals surface area contributed by atoms with Gasteiger partial charge in [0.25, 0.3) is 0 Å². The SMILES string of the molecule is CCCNc1cnc(CN2CCCS2(=O)=O)cn1. The summed E-state index contributed by atoms with van der Waals surface area (Å²) in [6, 6.07) is 0. The molecule has 1 aromatic rings. The molecule has 1 aliphatic rings. The van der Waals surface area contributed by atoms with Crippen LogP contribution in [0.5, 0.6) is 0 Å². The van der Waals surface area contributed by atoms with Gasteiger partial charge in [-0.05, 0) is 12.8 Å². The fourth-order valence-electron chi connectivity index (χ4n) is 1.83. The summed E-state index contributed by atoms with van der Waals surface area (Å²) < 4.78 is 24.7. The maximum atomic E-state index is 11.6. The molecule has 1 fully saturated rings. The molecule has 2 rings (SSSR count). The molecule has 1 N–H and O–H groups in total. The molecule has 0 bridgehead atoms. The Morgan fingerprint density at radius 1 is 1.39 bits per heavy atom. The molecule has 100 valence electrons. The highest BCUT2D eigenvalue weighted by molar-refractivity contribution is 7.89. The number of hydrogen-bond acceptors (Lipinski definition) is 5. The minimum atomic E-state index is -3.06. The Morgan fingerprint density at radius 3 is 2.78 bits per heavy atom. The Labute approximate surface area is 107 Å². The number of nitrogens with zero attached hydrogens (tertiary/aromatic N) is 3. The van der Waals surface area contributed by atoms with E-state index in [4.69, 9.17) is 0 Å². The van der Waals surface area contributed by atoms with Crippen LogP contribution >= 0.6 is 0 Å². The Bertz CT molecular complexity index is 486. The summed E-state index contributed by atoms with van der Waals surface area (Å²) in [5.41, 5.74) is 0.683. The van der Waals surface area contributed by atoms with Crippen LogP contribution in [0.2, 0.25) is 0 Å². The van der Waals surface area contributed by atoms with Crippen LogP contribution in [-0.4, -0.2) is 41.5 Å². The lowest BCUT2D eigenvalue weighted by Gasteiger charge is -2.13. The summed E-state index contributed by atoms with van der Waals surface area (Å²) >= 11 is 0. The first kappa shape index (κ1) is 13.2. The van der Waals surface area contributed by atoms with Crippen LogP contribution in [0.25, 0.3) is 0 Å². The van der Waals surface area contributed by atoms with Crippen molar-refractivity contribution in [1.29, 1.82) is 0 Å². The lowest BCUT2D eigenvalue weighted by atomic mass is 10.4. The average Bonchev–Trinajstić information content (AvgIpc) is 2.68. The van der Waals surface area contributed by atoms with E-state index in [1.165, 1.54) is 4.31 Å². The van der Waals surface area contributed by atoms with Crippen molar-refractivity contribution in [2.75, 3.05) is 24.2 Å². The number of hydrogen-bond donors (Lipinski definition) is 1. The molecule has 0 spiro atoms. The lowest BCUT2D eigenvalue weighted by molar-refractivity contribution is 0.434. The molecule has 1 aromatic heterocycles. The molecule has 0 radical (unpaired) electrons. The zero-order valence-corrected chi connectivity index (χ0v) is 11.3. The van der Waals surface area contributed by atoms with Gasteiger partial charge in [-0.3, -0.25) is 4.98 Å². The van der Waals surface area contributed by atoms with E-state index in [0.717, 1.165) is 18.8 Å². The van der Waals surface area contributed by atoms with Crippen molar-refractivity contribution in [2.45, 2.75) is 26.3 Å². The first-order valence-corrected chi connectivity index (χ1v) is 7.75. The van der Waals surface area contributed by atoms with Crippen LogP contribution in [0.4, 0.5) is 5.82 Å². The summed E-state index contributed by atoms with van der Waals surface area (Å²) in [5.74, 6) is 0.973. The smallest absolute Gasteiger partial charge is 0.214 e. The van der Waals surface area contributed by atoms with Gasteiger partial charge < -0.3 is 5.32 Å². The maximum absolute atomic E-state index is 11.6. The van der Waals surface area contributed by atoms with Crippen molar-refractivity contribution in [3.05, 3.63) is 18.1 Å². The van der Waals surface area contributed by atoms with Crippen molar-refractivity contribution in [3.8, 4) is 0 Å². The third-order valence-electron chi connectivity index (χ3n) is 2.80. The third-order valence-corrected chi connectivity index (χ3v) is 4.71. The molecule has 2 heterocycles. The highest BCUT2D eigenvalue weighted by Crippen LogP contribution is 2.16. The number of sulfonamides is 1. The number of aromatic nitrogens is 2. The van der Waals surface area contributed by atoms with E-state index in [1.54, 1.807) is 12.4 Å².